The molecule has 2 rings (SSSR count). The third-order valence-electron chi connectivity index (χ3n) is 3.93. The van der Waals surface area contributed by atoms with Gasteiger partial charge in [-0.25, -0.2) is 4.79 Å². The number of carbonyl (C=O) groups excluding carboxylic acids is 1. The molecule has 90 valence electrons. The Balaban J connectivity index is 2.03. The lowest BCUT2D eigenvalue weighted by atomic mass is 9.67. The lowest BCUT2D eigenvalue weighted by Gasteiger charge is -2.55. The summed E-state index contributed by atoms with van der Waals surface area (Å²) in [6, 6.07) is 0. The topological polar surface area (TPSA) is 35.5 Å². The van der Waals surface area contributed by atoms with Crippen molar-refractivity contribution in [1.29, 1.82) is 0 Å². The first-order chi connectivity index (χ1) is 7.59. The number of hydrogen-bond acceptors (Lipinski definition) is 3. The summed E-state index contributed by atoms with van der Waals surface area (Å²) in [5.41, 5.74) is 0.00894. The lowest BCUT2D eigenvalue weighted by molar-refractivity contribution is -0.245. The Morgan fingerprint density at radius 3 is 2.81 bits per heavy atom. The highest BCUT2D eigenvalue weighted by Crippen LogP contribution is 2.50. The third-order valence-corrected chi connectivity index (χ3v) is 3.93. The van der Waals surface area contributed by atoms with Crippen molar-refractivity contribution in [3.05, 3.63) is 12.2 Å². The summed E-state index contributed by atoms with van der Waals surface area (Å²) >= 11 is 0. The number of carbonyl (C=O) groups is 1. The first-order valence-electron chi connectivity index (χ1n) is 6.14. The molecule has 0 aromatic heterocycles. The molecule has 0 spiro atoms. The van der Waals surface area contributed by atoms with Gasteiger partial charge in [-0.3, -0.25) is 0 Å². The van der Waals surface area contributed by atoms with E-state index in [4.69, 9.17) is 9.47 Å². The fraction of sp³-hybridized carbons (Fsp3) is 0.769. The minimum Gasteiger partial charge on any atom is -0.463 e. The van der Waals surface area contributed by atoms with Crippen LogP contribution in [0.5, 0.6) is 0 Å². The average molecular weight is 224 g/mol. The largest absolute Gasteiger partial charge is 0.463 e. The average Bonchev–Trinajstić information content (AvgIpc) is 2.27. The molecule has 0 aromatic carbocycles. The van der Waals surface area contributed by atoms with E-state index >= 15 is 0 Å². The molecule has 3 heteroatoms. The molecule has 0 radical (unpaired) electrons. The Labute approximate surface area is 96.8 Å². The molecule has 16 heavy (non-hydrogen) atoms. The minimum absolute atomic E-state index is 0.311. The van der Waals surface area contributed by atoms with E-state index in [1.807, 2.05) is 6.92 Å². The highest BCUT2D eigenvalue weighted by molar-refractivity contribution is 5.90. The van der Waals surface area contributed by atoms with Crippen LogP contribution in [-0.4, -0.2) is 24.3 Å². The van der Waals surface area contributed by atoms with Gasteiger partial charge < -0.3 is 9.47 Å². The van der Waals surface area contributed by atoms with Crippen LogP contribution in [0.1, 0.15) is 39.5 Å². The minimum atomic E-state index is -0.475. The Morgan fingerprint density at radius 2 is 2.19 bits per heavy atom. The van der Waals surface area contributed by atoms with E-state index in [1.54, 1.807) is 6.92 Å². The quantitative estimate of drug-likeness (QED) is 0.545. The number of esters is 1. The van der Waals surface area contributed by atoms with Crippen LogP contribution in [0, 0.1) is 5.92 Å². The van der Waals surface area contributed by atoms with Crippen molar-refractivity contribution in [3.8, 4) is 0 Å². The van der Waals surface area contributed by atoms with Crippen molar-refractivity contribution >= 4 is 5.97 Å². The van der Waals surface area contributed by atoms with Gasteiger partial charge in [0, 0.05) is 5.92 Å². The molecule has 1 aliphatic carbocycles. The van der Waals surface area contributed by atoms with E-state index < -0.39 is 5.60 Å². The molecule has 1 saturated carbocycles. The first-order valence-corrected chi connectivity index (χ1v) is 6.14. The number of fused-ring (bicyclic) bond motifs is 1. The molecule has 3 unspecified atom stereocenters. The van der Waals surface area contributed by atoms with Crippen molar-refractivity contribution in [1.82, 2.24) is 0 Å². The van der Waals surface area contributed by atoms with E-state index in [1.165, 1.54) is 12.8 Å². The number of hydrogen-bond donors (Lipinski definition) is 0. The summed E-state index contributed by atoms with van der Waals surface area (Å²) in [6.07, 6.45) is 5.07. The molecular weight excluding hydrogens is 204 g/mol. The molecule has 1 aliphatic heterocycles. The summed E-state index contributed by atoms with van der Waals surface area (Å²) in [4.78, 5) is 11.7. The summed E-state index contributed by atoms with van der Waals surface area (Å²) in [5.74, 6) is 0.146. The Hall–Kier alpha value is -0.830. The molecule has 0 bridgehead atoms. The summed E-state index contributed by atoms with van der Waals surface area (Å²) in [6.45, 7) is 8.02. The maximum absolute atomic E-state index is 11.7. The van der Waals surface area contributed by atoms with Crippen molar-refractivity contribution in [2.75, 3.05) is 6.61 Å². The Morgan fingerprint density at radius 1 is 1.50 bits per heavy atom. The third kappa shape index (κ3) is 1.67. The molecule has 0 aromatic rings. The monoisotopic (exact) mass is 224 g/mol. The molecule has 1 heterocycles. The maximum atomic E-state index is 11.7. The van der Waals surface area contributed by atoms with Gasteiger partial charge in [0.2, 0.25) is 0 Å². The van der Waals surface area contributed by atoms with E-state index in [9.17, 15) is 4.79 Å². The molecule has 0 amide bonds. The van der Waals surface area contributed by atoms with Crippen LogP contribution in [0.3, 0.4) is 0 Å². The van der Waals surface area contributed by atoms with Gasteiger partial charge in [0.15, 0.2) is 0 Å². The van der Waals surface area contributed by atoms with Gasteiger partial charge in [0.05, 0.1) is 18.3 Å². The maximum Gasteiger partial charge on any atom is 0.336 e. The van der Waals surface area contributed by atoms with Crippen LogP contribution in [0.15, 0.2) is 12.2 Å². The molecule has 1 saturated heterocycles. The Bertz CT molecular complexity index is 310. The van der Waals surface area contributed by atoms with Gasteiger partial charge in [-0.15, -0.1) is 0 Å². The van der Waals surface area contributed by atoms with Crippen LogP contribution in [-0.2, 0) is 14.3 Å². The van der Waals surface area contributed by atoms with Gasteiger partial charge in [-0.1, -0.05) is 19.4 Å². The molecule has 0 N–H and O–H groups in total. The van der Waals surface area contributed by atoms with Crippen LogP contribution in [0.2, 0.25) is 0 Å². The molecule has 3 nitrogen and oxygen atoms in total. The van der Waals surface area contributed by atoms with Crippen molar-refractivity contribution in [3.63, 3.8) is 0 Å². The number of rotatable bonds is 3. The summed E-state index contributed by atoms with van der Waals surface area (Å²) < 4.78 is 10.8. The predicted octanol–water partition coefficient (Wildman–Crippen LogP) is 2.45. The van der Waals surface area contributed by atoms with E-state index in [2.05, 4.69) is 6.58 Å². The van der Waals surface area contributed by atoms with Crippen LogP contribution in [0.25, 0.3) is 0 Å². The SMILES string of the molecule is C=C(C(=O)OCC)C1(C)OC2CCCCC21. The van der Waals surface area contributed by atoms with Gasteiger partial charge in [0.1, 0.15) is 5.60 Å². The number of ether oxygens (including phenoxy) is 2. The molecule has 3 atom stereocenters. The fourth-order valence-corrected chi connectivity index (χ4v) is 2.91. The standard InChI is InChI=1S/C13H20O3/c1-4-15-12(14)9(2)13(3)10-7-5-6-8-11(10)16-13/h10-11H,2,4-8H2,1,3H3. The highest BCUT2D eigenvalue weighted by Gasteiger charge is 2.55. The van der Waals surface area contributed by atoms with Gasteiger partial charge in [0.25, 0.3) is 0 Å². The second-order valence-electron chi connectivity index (χ2n) is 4.85. The van der Waals surface area contributed by atoms with Crippen molar-refractivity contribution in [2.45, 2.75) is 51.2 Å². The van der Waals surface area contributed by atoms with Crippen LogP contribution >= 0.6 is 0 Å². The predicted molar refractivity (Wildman–Crippen MR) is 61.0 cm³/mol. The summed E-state index contributed by atoms with van der Waals surface area (Å²) in [5, 5.41) is 0. The van der Waals surface area contributed by atoms with E-state index in [-0.39, 0.29) is 5.97 Å². The fourth-order valence-electron chi connectivity index (χ4n) is 2.91. The normalized spacial score (nSPS) is 37.1. The van der Waals surface area contributed by atoms with Gasteiger partial charge in [-0.05, 0) is 26.7 Å². The van der Waals surface area contributed by atoms with Gasteiger partial charge in [-0.2, -0.15) is 0 Å². The van der Waals surface area contributed by atoms with E-state index in [0.717, 1.165) is 12.8 Å². The molecular formula is C13H20O3. The smallest absolute Gasteiger partial charge is 0.336 e. The highest BCUT2D eigenvalue weighted by atomic mass is 16.6. The van der Waals surface area contributed by atoms with Crippen LogP contribution in [0.4, 0.5) is 0 Å². The van der Waals surface area contributed by atoms with E-state index in [0.29, 0.717) is 24.2 Å². The zero-order chi connectivity index (χ0) is 11.8. The Kier molecular flexibility index (Phi) is 3.06. The zero-order valence-corrected chi connectivity index (χ0v) is 10.1. The van der Waals surface area contributed by atoms with Gasteiger partial charge >= 0.3 is 5.97 Å². The lowest BCUT2D eigenvalue weighted by Crippen LogP contribution is -2.61. The summed E-state index contributed by atoms with van der Waals surface area (Å²) in [7, 11) is 0. The second kappa shape index (κ2) is 4.21. The van der Waals surface area contributed by atoms with Crippen LogP contribution < -0.4 is 0 Å². The first kappa shape index (κ1) is 11.6. The molecule has 2 fully saturated rings. The van der Waals surface area contributed by atoms with Crippen molar-refractivity contribution < 1.29 is 14.3 Å². The van der Waals surface area contributed by atoms with Crippen molar-refractivity contribution in [2.24, 2.45) is 5.92 Å². The second-order valence-corrected chi connectivity index (χ2v) is 4.85. The zero-order valence-electron chi connectivity index (χ0n) is 10.1. The molecule has 2 aliphatic rings.